The quantitative estimate of drug-likeness (QED) is 0.180. The monoisotopic (exact) mass is 432 g/mol. The number of hydrogen-bond donors (Lipinski definition) is 0. The third-order valence-corrected chi connectivity index (χ3v) is 11.3. The minimum atomic E-state index is -3.61. The Bertz CT molecular complexity index is 385. The highest BCUT2D eigenvalue weighted by atomic mass is 32.2. The lowest BCUT2D eigenvalue weighted by Gasteiger charge is -2.31. The van der Waals surface area contributed by atoms with Gasteiger partial charge < -0.3 is 18.1 Å². The summed E-state index contributed by atoms with van der Waals surface area (Å²) in [4.78, 5) is 0. The Labute approximate surface area is 164 Å². The van der Waals surface area contributed by atoms with E-state index in [0.29, 0.717) is 5.75 Å². The van der Waals surface area contributed by atoms with Gasteiger partial charge in [0, 0.05) is 5.75 Å². The first-order chi connectivity index (χ1) is 12.4. The molecule has 0 radical (unpaired) electrons. The second kappa shape index (κ2) is 15.6. The van der Waals surface area contributed by atoms with E-state index in [1.807, 2.05) is 0 Å². The van der Waals surface area contributed by atoms with E-state index in [1.54, 1.807) is 39.5 Å². The highest BCUT2D eigenvalue weighted by molar-refractivity contribution is 8.00. The molecule has 0 rings (SSSR count). The Balaban J connectivity index is 5.14. The average Bonchev–Trinajstić information content (AvgIpc) is 2.58. The van der Waals surface area contributed by atoms with Gasteiger partial charge in [-0.2, -0.15) is 11.8 Å². The van der Waals surface area contributed by atoms with Crippen LogP contribution in [0.25, 0.3) is 0 Å². The van der Waals surface area contributed by atoms with Gasteiger partial charge in [0.2, 0.25) is 0 Å². The summed E-state index contributed by atoms with van der Waals surface area (Å²) in [6.45, 7) is 10.0. The summed E-state index contributed by atoms with van der Waals surface area (Å²) in [6, 6.07) is 0. The van der Waals surface area contributed by atoms with Crippen LogP contribution in [0, 0.1) is 0 Å². The molecule has 0 spiro atoms. The largest absolute Gasteiger partial charge is 0.346 e. The standard InChI is InChI=1S/C17H38O6P2S/c1-6-11-12-13-14-15-26-16-17(24(18,20-7-2)21-8-3)25(19,22-9-4)23-10-5/h17H,6-16H2,1-5H3. The van der Waals surface area contributed by atoms with Gasteiger partial charge in [0.05, 0.1) is 26.4 Å². The lowest BCUT2D eigenvalue weighted by Crippen LogP contribution is -2.20. The Morgan fingerprint density at radius 3 is 1.50 bits per heavy atom. The van der Waals surface area contributed by atoms with E-state index in [0.717, 1.165) is 12.2 Å². The molecule has 0 heterocycles. The summed E-state index contributed by atoms with van der Waals surface area (Å²) in [5.74, 6) is 1.28. The van der Waals surface area contributed by atoms with Crippen LogP contribution in [0.3, 0.4) is 0 Å². The predicted octanol–water partition coefficient (Wildman–Crippen LogP) is 6.55. The van der Waals surface area contributed by atoms with Crippen molar-refractivity contribution in [3.05, 3.63) is 0 Å². The molecule has 0 N–H and O–H groups in total. The van der Waals surface area contributed by atoms with Crippen LogP contribution >= 0.6 is 27.0 Å². The molecule has 0 aliphatic heterocycles. The molecule has 0 bridgehead atoms. The zero-order chi connectivity index (χ0) is 19.9. The Morgan fingerprint density at radius 1 is 0.692 bits per heavy atom. The van der Waals surface area contributed by atoms with Crippen LogP contribution in [0.1, 0.15) is 66.7 Å². The normalized spacial score (nSPS) is 12.8. The number of thioether (sulfide) groups is 1. The molecule has 0 amide bonds. The maximum atomic E-state index is 13.3. The molecule has 0 fully saturated rings. The molecule has 0 aliphatic rings. The van der Waals surface area contributed by atoms with E-state index in [-0.39, 0.29) is 26.4 Å². The molecule has 0 unspecified atom stereocenters. The average molecular weight is 433 g/mol. The first kappa shape index (κ1) is 26.6. The van der Waals surface area contributed by atoms with Crippen LogP contribution in [0.15, 0.2) is 0 Å². The fraction of sp³-hybridized carbons (Fsp3) is 1.00. The van der Waals surface area contributed by atoms with E-state index in [9.17, 15) is 9.13 Å². The maximum Gasteiger partial charge on any atom is 0.346 e. The first-order valence-corrected chi connectivity index (χ1v) is 14.2. The molecular formula is C17H38O6P2S. The molecule has 26 heavy (non-hydrogen) atoms. The molecule has 158 valence electrons. The van der Waals surface area contributed by atoms with Crippen LogP contribution in [-0.2, 0) is 27.2 Å². The van der Waals surface area contributed by atoms with Crippen LogP contribution in [0.5, 0.6) is 0 Å². The van der Waals surface area contributed by atoms with Crippen molar-refractivity contribution in [2.75, 3.05) is 37.9 Å². The van der Waals surface area contributed by atoms with Gasteiger partial charge in [-0.05, 0) is 39.9 Å². The SMILES string of the molecule is CCCCCCCSCC(P(=O)(OCC)OCC)P(=O)(OCC)OCC. The van der Waals surface area contributed by atoms with E-state index in [2.05, 4.69) is 6.92 Å². The summed E-state index contributed by atoms with van der Waals surface area (Å²) in [6.07, 6.45) is 5.95. The van der Waals surface area contributed by atoms with Crippen molar-refractivity contribution >= 4 is 27.0 Å². The molecule has 0 saturated heterocycles. The van der Waals surface area contributed by atoms with Crippen LogP contribution in [0.2, 0.25) is 0 Å². The zero-order valence-electron chi connectivity index (χ0n) is 17.1. The third-order valence-electron chi connectivity index (χ3n) is 3.63. The third kappa shape index (κ3) is 9.73. The van der Waals surface area contributed by atoms with Gasteiger partial charge in [0.1, 0.15) is 0 Å². The summed E-state index contributed by atoms with van der Waals surface area (Å²) in [5.41, 5.74) is 0. The van der Waals surface area contributed by atoms with E-state index < -0.39 is 20.6 Å². The predicted molar refractivity (Wildman–Crippen MR) is 112 cm³/mol. The van der Waals surface area contributed by atoms with Crippen molar-refractivity contribution in [2.45, 2.75) is 72.1 Å². The molecule has 0 aliphatic carbocycles. The van der Waals surface area contributed by atoms with E-state index in [4.69, 9.17) is 18.1 Å². The lowest BCUT2D eigenvalue weighted by molar-refractivity contribution is 0.197. The van der Waals surface area contributed by atoms with Crippen molar-refractivity contribution in [3.8, 4) is 0 Å². The smallest absolute Gasteiger partial charge is 0.308 e. The van der Waals surface area contributed by atoms with Gasteiger partial charge in [0.15, 0.2) is 5.40 Å². The molecule has 0 aromatic carbocycles. The van der Waals surface area contributed by atoms with Crippen LogP contribution < -0.4 is 0 Å². The topological polar surface area (TPSA) is 71.1 Å². The summed E-state index contributed by atoms with van der Waals surface area (Å²) < 4.78 is 48.5. The minimum Gasteiger partial charge on any atom is -0.308 e. The van der Waals surface area contributed by atoms with E-state index >= 15 is 0 Å². The van der Waals surface area contributed by atoms with Gasteiger partial charge in [-0.1, -0.05) is 32.6 Å². The fourth-order valence-corrected chi connectivity index (χ4v) is 9.83. The Morgan fingerprint density at radius 2 is 1.12 bits per heavy atom. The molecule has 9 heteroatoms. The van der Waals surface area contributed by atoms with Crippen LogP contribution in [-0.4, -0.2) is 43.3 Å². The minimum absolute atomic E-state index is 0.216. The van der Waals surface area contributed by atoms with E-state index in [1.165, 1.54) is 25.7 Å². The molecule has 6 nitrogen and oxygen atoms in total. The van der Waals surface area contributed by atoms with Gasteiger partial charge >= 0.3 is 15.2 Å². The second-order valence-electron chi connectivity index (χ2n) is 5.72. The molecule has 0 atom stereocenters. The Kier molecular flexibility index (Phi) is 15.9. The van der Waals surface area contributed by atoms with Crippen molar-refractivity contribution in [2.24, 2.45) is 0 Å². The van der Waals surface area contributed by atoms with Gasteiger partial charge in [-0.15, -0.1) is 0 Å². The summed E-state index contributed by atoms with van der Waals surface area (Å²) >= 11 is 1.61. The first-order valence-electron chi connectivity index (χ1n) is 9.79. The number of rotatable bonds is 18. The zero-order valence-corrected chi connectivity index (χ0v) is 19.7. The van der Waals surface area contributed by atoms with Crippen molar-refractivity contribution in [1.82, 2.24) is 0 Å². The Hall–Kier alpha value is 0.650. The molecule has 0 aromatic rings. The number of hydrogen-bond acceptors (Lipinski definition) is 7. The summed E-state index contributed by atoms with van der Waals surface area (Å²) in [7, 11) is -7.22. The van der Waals surface area contributed by atoms with Crippen molar-refractivity contribution in [3.63, 3.8) is 0 Å². The highest BCUT2D eigenvalue weighted by Crippen LogP contribution is 2.70. The van der Waals surface area contributed by atoms with Crippen molar-refractivity contribution < 1.29 is 27.2 Å². The van der Waals surface area contributed by atoms with Crippen molar-refractivity contribution in [1.29, 1.82) is 0 Å². The molecule has 0 aromatic heterocycles. The summed E-state index contributed by atoms with van der Waals surface area (Å²) in [5, 5.41) is -0.907. The maximum absolute atomic E-state index is 13.3. The van der Waals surface area contributed by atoms with Gasteiger partial charge in [-0.25, -0.2) is 0 Å². The second-order valence-corrected chi connectivity index (χ2v) is 11.7. The van der Waals surface area contributed by atoms with Gasteiger partial charge in [0.25, 0.3) is 0 Å². The van der Waals surface area contributed by atoms with Gasteiger partial charge in [-0.3, -0.25) is 9.13 Å². The molecular weight excluding hydrogens is 394 g/mol. The van der Waals surface area contributed by atoms with Crippen LogP contribution in [0.4, 0.5) is 0 Å². The highest BCUT2D eigenvalue weighted by Gasteiger charge is 2.50. The number of unbranched alkanes of at least 4 members (excludes halogenated alkanes) is 4. The molecule has 0 saturated carbocycles. The lowest BCUT2D eigenvalue weighted by atomic mass is 10.2. The fourth-order valence-electron chi connectivity index (χ4n) is 2.49.